The zero-order valence-electron chi connectivity index (χ0n) is 11.5. The molecular formula is C14H13N3O3S. The molecule has 3 rings (SSSR count). The van der Waals surface area contributed by atoms with E-state index < -0.39 is 9.84 Å². The van der Waals surface area contributed by atoms with Gasteiger partial charge in [0.05, 0.1) is 23.9 Å². The molecule has 0 saturated carbocycles. The number of rotatable bonds is 3. The number of hydrogen-bond acceptors (Lipinski definition) is 5. The molecule has 0 radical (unpaired) electrons. The molecule has 7 heteroatoms. The summed E-state index contributed by atoms with van der Waals surface area (Å²) in [6, 6.07) is 4.76. The summed E-state index contributed by atoms with van der Waals surface area (Å²) < 4.78 is 30.4. The molecule has 108 valence electrons. The van der Waals surface area contributed by atoms with Crippen LogP contribution >= 0.6 is 0 Å². The zero-order chi connectivity index (χ0) is 15.0. The molecule has 0 unspecified atom stereocenters. The van der Waals surface area contributed by atoms with E-state index in [1.807, 2.05) is 10.6 Å². The van der Waals surface area contributed by atoms with Gasteiger partial charge in [0, 0.05) is 30.4 Å². The van der Waals surface area contributed by atoms with Gasteiger partial charge in [-0.25, -0.2) is 13.4 Å². The van der Waals surface area contributed by atoms with E-state index in [9.17, 15) is 8.42 Å². The lowest BCUT2D eigenvalue weighted by Crippen LogP contribution is -1.98. The third-order valence-corrected chi connectivity index (χ3v) is 4.25. The lowest BCUT2D eigenvalue weighted by Gasteiger charge is -2.08. The number of fused-ring (bicyclic) bond motifs is 1. The van der Waals surface area contributed by atoms with E-state index >= 15 is 0 Å². The van der Waals surface area contributed by atoms with E-state index in [0.29, 0.717) is 17.1 Å². The summed E-state index contributed by atoms with van der Waals surface area (Å²) in [7, 11) is -1.77. The molecule has 0 aliphatic rings. The molecule has 0 fully saturated rings. The van der Waals surface area contributed by atoms with Gasteiger partial charge in [-0.2, -0.15) is 0 Å². The van der Waals surface area contributed by atoms with Gasteiger partial charge in [-0.1, -0.05) is 0 Å². The first kappa shape index (κ1) is 13.6. The average molecular weight is 303 g/mol. The number of hydrogen-bond donors (Lipinski definition) is 0. The number of sulfone groups is 1. The summed E-state index contributed by atoms with van der Waals surface area (Å²) in [4.78, 5) is 8.69. The predicted octanol–water partition coefficient (Wildman–Crippen LogP) is 1.81. The molecule has 0 aliphatic carbocycles. The van der Waals surface area contributed by atoms with Crippen LogP contribution in [0.2, 0.25) is 0 Å². The fraction of sp³-hybridized carbons (Fsp3) is 0.143. The molecule has 3 aromatic rings. The number of methoxy groups -OCH3 is 1. The Morgan fingerprint density at radius 2 is 2.10 bits per heavy atom. The van der Waals surface area contributed by atoms with Gasteiger partial charge in [0.2, 0.25) is 0 Å². The summed E-state index contributed by atoms with van der Waals surface area (Å²) in [6.07, 6.45) is 8.12. The molecule has 2 heterocycles. The highest BCUT2D eigenvalue weighted by atomic mass is 32.2. The van der Waals surface area contributed by atoms with Crippen LogP contribution in [-0.4, -0.2) is 36.2 Å². The van der Waals surface area contributed by atoms with Crippen molar-refractivity contribution in [3.63, 3.8) is 0 Å². The first-order chi connectivity index (χ1) is 9.99. The molecule has 21 heavy (non-hydrogen) atoms. The van der Waals surface area contributed by atoms with Crippen molar-refractivity contribution in [3.8, 4) is 17.0 Å². The first-order valence-corrected chi connectivity index (χ1v) is 8.05. The highest BCUT2D eigenvalue weighted by molar-refractivity contribution is 7.90. The van der Waals surface area contributed by atoms with Crippen molar-refractivity contribution in [3.05, 3.63) is 43.0 Å². The van der Waals surface area contributed by atoms with Gasteiger partial charge in [0.15, 0.2) is 15.5 Å². The Balaban J connectivity index is 2.17. The van der Waals surface area contributed by atoms with Gasteiger partial charge < -0.3 is 9.14 Å². The van der Waals surface area contributed by atoms with E-state index in [1.165, 1.54) is 13.2 Å². The fourth-order valence-electron chi connectivity index (χ4n) is 2.09. The van der Waals surface area contributed by atoms with E-state index in [4.69, 9.17) is 4.74 Å². The summed E-state index contributed by atoms with van der Waals surface area (Å²) in [6.45, 7) is 0. The predicted molar refractivity (Wildman–Crippen MR) is 78.1 cm³/mol. The lowest BCUT2D eigenvalue weighted by molar-refractivity contribution is 0.415. The Labute approximate surface area is 122 Å². The largest absolute Gasteiger partial charge is 0.496 e. The van der Waals surface area contributed by atoms with Crippen LogP contribution in [0.15, 0.2) is 47.9 Å². The molecule has 0 saturated heterocycles. The van der Waals surface area contributed by atoms with Crippen LogP contribution in [0.1, 0.15) is 0 Å². The standard InChI is InChI=1S/C14H13N3O3S/c1-20-13-7-10(21(2,18)19)3-4-11(13)12-9-17-6-5-15-8-14(17)16-12/h3-9H,1-2H3. The minimum absolute atomic E-state index is 0.216. The van der Waals surface area contributed by atoms with Gasteiger partial charge in [0.1, 0.15) is 5.75 Å². The molecule has 0 amide bonds. The van der Waals surface area contributed by atoms with Crippen LogP contribution in [0.25, 0.3) is 16.9 Å². The number of benzene rings is 1. The van der Waals surface area contributed by atoms with Crippen molar-refractivity contribution in [1.29, 1.82) is 0 Å². The van der Waals surface area contributed by atoms with Crippen molar-refractivity contribution in [2.45, 2.75) is 4.90 Å². The second-order valence-corrected chi connectivity index (χ2v) is 6.62. The van der Waals surface area contributed by atoms with Crippen LogP contribution in [0.4, 0.5) is 0 Å². The maximum absolute atomic E-state index is 11.6. The number of imidazole rings is 1. The Hall–Kier alpha value is -2.41. The average Bonchev–Trinajstić information content (AvgIpc) is 2.89. The van der Waals surface area contributed by atoms with Gasteiger partial charge >= 0.3 is 0 Å². The Bertz CT molecular complexity index is 883. The second kappa shape index (κ2) is 4.85. The lowest BCUT2D eigenvalue weighted by atomic mass is 10.1. The quantitative estimate of drug-likeness (QED) is 0.737. The Morgan fingerprint density at radius 3 is 2.76 bits per heavy atom. The van der Waals surface area contributed by atoms with Crippen molar-refractivity contribution in [2.75, 3.05) is 13.4 Å². The molecule has 2 aromatic heterocycles. The number of nitrogens with zero attached hydrogens (tertiary/aromatic N) is 3. The number of aromatic nitrogens is 3. The highest BCUT2D eigenvalue weighted by Crippen LogP contribution is 2.31. The van der Waals surface area contributed by atoms with Crippen molar-refractivity contribution < 1.29 is 13.2 Å². The van der Waals surface area contributed by atoms with Gasteiger partial charge in [-0.15, -0.1) is 0 Å². The smallest absolute Gasteiger partial charge is 0.175 e. The van der Waals surface area contributed by atoms with E-state index in [1.54, 1.807) is 30.7 Å². The Morgan fingerprint density at radius 1 is 1.29 bits per heavy atom. The topological polar surface area (TPSA) is 73.6 Å². The molecule has 1 aromatic carbocycles. The maximum atomic E-state index is 11.6. The minimum Gasteiger partial charge on any atom is -0.496 e. The monoisotopic (exact) mass is 303 g/mol. The first-order valence-electron chi connectivity index (χ1n) is 6.16. The summed E-state index contributed by atoms with van der Waals surface area (Å²) in [5.74, 6) is 0.467. The third kappa shape index (κ3) is 2.47. The fourth-order valence-corrected chi connectivity index (χ4v) is 2.72. The third-order valence-electron chi connectivity index (χ3n) is 3.14. The second-order valence-electron chi connectivity index (χ2n) is 4.60. The van der Waals surface area contributed by atoms with E-state index in [2.05, 4.69) is 9.97 Å². The van der Waals surface area contributed by atoms with E-state index in [-0.39, 0.29) is 4.90 Å². The highest BCUT2D eigenvalue weighted by Gasteiger charge is 2.14. The molecule has 0 spiro atoms. The SMILES string of the molecule is COc1cc(S(C)(=O)=O)ccc1-c1cn2ccncc2n1. The summed E-state index contributed by atoms with van der Waals surface area (Å²) in [5, 5.41) is 0. The molecule has 0 atom stereocenters. The molecule has 0 N–H and O–H groups in total. The molecule has 0 aliphatic heterocycles. The van der Waals surface area contributed by atoms with Crippen LogP contribution in [0.3, 0.4) is 0 Å². The maximum Gasteiger partial charge on any atom is 0.175 e. The zero-order valence-corrected chi connectivity index (χ0v) is 12.3. The summed E-state index contributed by atoms with van der Waals surface area (Å²) >= 11 is 0. The molecular weight excluding hydrogens is 290 g/mol. The molecule has 0 bridgehead atoms. The van der Waals surface area contributed by atoms with Crippen LogP contribution < -0.4 is 4.74 Å². The van der Waals surface area contributed by atoms with Crippen molar-refractivity contribution >= 4 is 15.5 Å². The Kier molecular flexibility index (Phi) is 3.13. The van der Waals surface area contributed by atoms with Gasteiger partial charge in [0.25, 0.3) is 0 Å². The van der Waals surface area contributed by atoms with Gasteiger partial charge in [-0.3, -0.25) is 4.98 Å². The van der Waals surface area contributed by atoms with Crippen LogP contribution in [0, 0.1) is 0 Å². The molecule has 6 nitrogen and oxygen atoms in total. The van der Waals surface area contributed by atoms with Crippen LogP contribution in [0.5, 0.6) is 5.75 Å². The normalized spacial score (nSPS) is 11.7. The van der Waals surface area contributed by atoms with Crippen molar-refractivity contribution in [1.82, 2.24) is 14.4 Å². The van der Waals surface area contributed by atoms with Crippen LogP contribution in [-0.2, 0) is 9.84 Å². The van der Waals surface area contributed by atoms with E-state index in [0.717, 1.165) is 11.8 Å². The summed E-state index contributed by atoms with van der Waals surface area (Å²) in [5.41, 5.74) is 2.13. The van der Waals surface area contributed by atoms with Gasteiger partial charge in [-0.05, 0) is 18.2 Å². The number of ether oxygens (including phenoxy) is 1. The van der Waals surface area contributed by atoms with Crippen molar-refractivity contribution in [2.24, 2.45) is 0 Å². The minimum atomic E-state index is -3.27.